The van der Waals surface area contributed by atoms with Gasteiger partial charge in [0.2, 0.25) is 0 Å². The summed E-state index contributed by atoms with van der Waals surface area (Å²) in [6, 6.07) is 14.5. The number of carbonyl (C=O) groups excluding carboxylic acids is 2. The van der Waals surface area contributed by atoms with Crippen LogP contribution < -0.4 is 0 Å². The molecule has 2 aromatic rings. The van der Waals surface area contributed by atoms with Crippen LogP contribution in [-0.4, -0.2) is 26.9 Å². The van der Waals surface area contributed by atoms with Gasteiger partial charge in [0.15, 0.2) is 0 Å². The van der Waals surface area contributed by atoms with Gasteiger partial charge in [-0.25, -0.2) is 5.01 Å². The largest absolute Gasteiger partial charge is 0.288 e. The second-order valence-corrected chi connectivity index (χ2v) is 8.37. The lowest BCUT2D eigenvalue weighted by Gasteiger charge is -2.39. The van der Waals surface area contributed by atoms with Crippen LogP contribution in [0.15, 0.2) is 48.5 Å². The second kappa shape index (κ2) is 8.39. The van der Waals surface area contributed by atoms with Gasteiger partial charge < -0.3 is 0 Å². The van der Waals surface area contributed by atoms with Gasteiger partial charge in [-0.3, -0.25) is 9.59 Å². The molecule has 0 bridgehead atoms. The predicted octanol–water partition coefficient (Wildman–Crippen LogP) is 5.31. The van der Waals surface area contributed by atoms with E-state index in [1.807, 2.05) is 45.0 Å². The van der Waals surface area contributed by atoms with Crippen LogP contribution in [-0.2, 0) is 6.42 Å². The minimum atomic E-state index is -0.682. The molecule has 0 saturated heterocycles. The van der Waals surface area contributed by atoms with Crippen molar-refractivity contribution < 1.29 is 9.59 Å². The lowest BCUT2D eigenvalue weighted by atomic mass is 10.0. The highest BCUT2D eigenvalue weighted by Crippen LogP contribution is 2.25. The lowest BCUT2D eigenvalue weighted by Crippen LogP contribution is -2.54. The standard InChI is InChI=1S/C20H22ClIN2O2/c1-5-14-10-12-15(13-11-14)18(25)23(20(2,3)4)24(21)19(26)16-8-6-7-9-17(16)22/h6-13H,5H2,1-4H3. The maximum absolute atomic E-state index is 13.1. The van der Waals surface area contributed by atoms with Crippen LogP contribution in [0.25, 0.3) is 0 Å². The molecule has 4 nitrogen and oxygen atoms in total. The van der Waals surface area contributed by atoms with Crippen molar-refractivity contribution >= 4 is 46.2 Å². The minimum Gasteiger partial charge on any atom is -0.267 e. The van der Waals surface area contributed by atoms with Crippen LogP contribution in [0.3, 0.4) is 0 Å². The van der Waals surface area contributed by atoms with E-state index in [0.717, 1.165) is 20.1 Å². The number of hydrogen-bond donors (Lipinski definition) is 0. The predicted molar refractivity (Wildman–Crippen MR) is 113 cm³/mol. The molecule has 138 valence electrons. The molecule has 0 atom stereocenters. The van der Waals surface area contributed by atoms with E-state index in [2.05, 4.69) is 29.5 Å². The van der Waals surface area contributed by atoms with Crippen LogP contribution in [0.4, 0.5) is 0 Å². The molecule has 2 amide bonds. The summed E-state index contributed by atoms with van der Waals surface area (Å²) in [6.07, 6.45) is 0.893. The fraction of sp³-hybridized carbons (Fsp3) is 0.300. The van der Waals surface area contributed by atoms with Crippen molar-refractivity contribution in [2.75, 3.05) is 0 Å². The zero-order valence-electron chi connectivity index (χ0n) is 15.3. The molecule has 0 N–H and O–H groups in total. The summed E-state index contributed by atoms with van der Waals surface area (Å²) in [4.78, 5) is 26.0. The number of hydrazine groups is 1. The molecule has 2 aromatic carbocycles. The van der Waals surface area contributed by atoms with E-state index in [-0.39, 0.29) is 5.91 Å². The van der Waals surface area contributed by atoms with E-state index < -0.39 is 11.4 Å². The zero-order chi connectivity index (χ0) is 19.5. The van der Waals surface area contributed by atoms with Crippen molar-refractivity contribution in [1.29, 1.82) is 0 Å². The molecule has 0 aromatic heterocycles. The summed E-state index contributed by atoms with van der Waals surface area (Å²) in [5, 5.41) is 1.29. The zero-order valence-corrected chi connectivity index (χ0v) is 18.2. The Morgan fingerprint density at radius 3 is 2.08 bits per heavy atom. The first-order valence-corrected chi connectivity index (χ1v) is 9.76. The number of benzene rings is 2. The molecule has 6 heteroatoms. The van der Waals surface area contributed by atoms with Crippen molar-refractivity contribution in [1.82, 2.24) is 9.54 Å². The number of hydrogen-bond acceptors (Lipinski definition) is 2. The molecule has 0 spiro atoms. The van der Waals surface area contributed by atoms with Crippen LogP contribution in [0.1, 0.15) is 54.0 Å². The van der Waals surface area contributed by atoms with Gasteiger partial charge in [-0.15, -0.1) is 0 Å². The van der Waals surface area contributed by atoms with Crippen LogP contribution >= 0.6 is 34.4 Å². The lowest BCUT2D eigenvalue weighted by molar-refractivity contribution is -0.00375. The monoisotopic (exact) mass is 484 g/mol. The molecule has 26 heavy (non-hydrogen) atoms. The third kappa shape index (κ3) is 4.57. The van der Waals surface area contributed by atoms with Crippen molar-refractivity contribution in [2.24, 2.45) is 0 Å². The molecular weight excluding hydrogens is 463 g/mol. The molecule has 0 aliphatic carbocycles. The molecule has 0 saturated carbocycles. The molecule has 0 aliphatic heterocycles. The van der Waals surface area contributed by atoms with E-state index in [0.29, 0.717) is 11.1 Å². The number of carbonyl (C=O) groups is 2. The van der Waals surface area contributed by atoms with Gasteiger partial charge in [0, 0.05) is 20.9 Å². The molecule has 0 radical (unpaired) electrons. The highest BCUT2D eigenvalue weighted by Gasteiger charge is 2.36. The number of halogens is 2. The molecular formula is C20H22ClIN2O2. The maximum Gasteiger partial charge on any atom is 0.288 e. The van der Waals surface area contributed by atoms with E-state index in [9.17, 15) is 9.59 Å². The average Bonchev–Trinajstić information content (AvgIpc) is 2.60. The number of rotatable bonds is 3. The first-order chi connectivity index (χ1) is 12.2. The minimum absolute atomic E-state index is 0.325. The number of nitrogens with zero attached hydrogens (tertiary/aromatic N) is 2. The van der Waals surface area contributed by atoms with Gasteiger partial charge in [0.25, 0.3) is 11.8 Å². The maximum atomic E-state index is 13.1. The summed E-state index contributed by atoms with van der Waals surface area (Å²) in [7, 11) is 0. The first-order valence-electron chi connectivity index (χ1n) is 8.35. The van der Waals surface area contributed by atoms with Crippen molar-refractivity contribution in [3.63, 3.8) is 0 Å². The smallest absolute Gasteiger partial charge is 0.267 e. The Hall–Kier alpha value is -1.60. The highest BCUT2D eigenvalue weighted by atomic mass is 127. The molecule has 0 heterocycles. The summed E-state index contributed by atoms with van der Waals surface area (Å²) in [5.41, 5.74) is 1.39. The van der Waals surface area contributed by atoms with E-state index >= 15 is 0 Å². The van der Waals surface area contributed by atoms with Crippen LogP contribution in [0.2, 0.25) is 0 Å². The third-order valence-electron chi connectivity index (χ3n) is 3.88. The second-order valence-electron chi connectivity index (χ2n) is 6.88. The Bertz CT molecular complexity index is 800. The van der Waals surface area contributed by atoms with Gasteiger partial charge in [-0.1, -0.05) is 31.2 Å². The van der Waals surface area contributed by atoms with Crippen molar-refractivity contribution in [2.45, 2.75) is 39.7 Å². The fourth-order valence-electron chi connectivity index (χ4n) is 2.48. The van der Waals surface area contributed by atoms with Gasteiger partial charge in [0.05, 0.1) is 11.1 Å². The van der Waals surface area contributed by atoms with Crippen molar-refractivity contribution in [3.8, 4) is 0 Å². The number of amides is 2. The summed E-state index contributed by atoms with van der Waals surface area (Å²) in [6.45, 7) is 7.57. The Labute approximate surface area is 173 Å². The van der Waals surface area contributed by atoms with Crippen LogP contribution in [0.5, 0.6) is 0 Å². The van der Waals surface area contributed by atoms with Crippen LogP contribution in [0, 0.1) is 3.57 Å². The normalized spacial score (nSPS) is 11.2. The van der Waals surface area contributed by atoms with E-state index in [1.54, 1.807) is 24.3 Å². The Morgan fingerprint density at radius 1 is 1.00 bits per heavy atom. The van der Waals surface area contributed by atoms with Gasteiger partial charge in [-0.2, -0.15) is 4.53 Å². The van der Waals surface area contributed by atoms with Crippen molar-refractivity contribution in [3.05, 3.63) is 68.8 Å². The molecule has 0 aliphatic rings. The fourth-order valence-corrected chi connectivity index (χ4v) is 3.48. The average molecular weight is 485 g/mol. The topological polar surface area (TPSA) is 40.6 Å². The SMILES string of the molecule is CCc1ccc(C(=O)N(N(Cl)C(=O)c2ccccc2I)C(C)(C)C)cc1. The summed E-state index contributed by atoms with van der Waals surface area (Å²) < 4.78 is 1.67. The van der Waals surface area contributed by atoms with E-state index in [4.69, 9.17) is 11.8 Å². The van der Waals surface area contributed by atoms with Gasteiger partial charge in [0.1, 0.15) is 0 Å². The quantitative estimate of drug-likeness (QED) is 0.337. The highest BCUT2D eigenvalue weighted by molar-refractivity contribution is 14.1. The molecule has 2 rings (SSSR count). The van der Waals surface area contributed by atoms with Gasteiger partial charge in [-0.05, 0) is 79.6 Å². The summed E-state index contributed by atoms with van der Waals surface area (Å²) in [5.74, 6) is -0.764. The van der Waals surface area contributed by atoms with Gasteiger partial charge >= 0.3 is 0 Å². The Balaban J connectivity index is 2.39. The molecule has 0 fully saturated rings. The Kier molecular flexibility index (Phi) is 6.69. The van der Waals surface area contributed by atoms with E-state index in [1.165, 1.54) is 5.01 Å². The Morgan fingerprint density at radius 2 is 1.58 bits per heavy atom. The number of aryl methyl sites for hydroxylation is 1. The third-order valence-corrected chi connectivity index (χ3v) is 5.13. The first kappa shape index (κ1) is 20.7. The molecule has 0 unspecified atom stereocenters. The summed E-state index contributed by atoms with van der Waals surface area (Å²) >= 11 is 8.46.